The van der Waals surface area contributed by atoms with Gasteiger partial charge in [-0.2, -0.15) is 0 Å². The van der Waals surface area contributed by atoms with Crippen molar-refractivity contribution in [1.29, 1.82) is 0 Å². The van der Waals surface area contributed by atoms with Gasteiger partial charge in [0.15, 0.2) is 0 Å². The molecule has 5 heteroatoms. The minimum absolute atomic E-state index is 0.0507. The average Bonchev–Trinajstić information content (AvgIpc) is 2.67. The lowest BCUT2D eigenvalue weighted by molar-refractivity contribution is -0.113. The number of hydrogen-bond acceptors (Lipinski definition) is 3. The van der Waals surface area contributed by atoms with E-state index in [1.165, 1.54) is 12.1 Å². The predicted molar refractivity (Wildman–Crippen MR) is 112 cm³/mol. The minimum atomic E-state index is -3.97. The maximum Gasteiger partial charge on any atom is 0.265 e. The molecule has 0 aromatic heterocycles. The molecular weight excluding hydrogens is 370 g/mol. The van der Waals surface area contributed by atoms with Crippen molar-refractivity contribution in [3.63, 3.8) is 0 Å². The Labute approximate surface area is 165 Å². The summed E-state index contributed by atoms with van der Waals surface area (Å²) in [6, 6.07) is 23.1. The molecule has 0 aliphatic heterocycles. The summed E-state index contributed by atoms with van der Waals surface area (Å²) in [6.07, 6.45) is 1.69. The molecule has 0 radical (unpaired) electrons. The first-order valence-corrected chi connectivity index (χ1v) is 10.3. The fourth-order valence-corrected chi connectivity index (χ4v) is 3.73. The lowest BCUT2D eigenvalue weighted by atomic mass is 10.0. The third-order valence-corrected chi connectivity index (χ3v) is 5.59. The number of benzene rings is 3. The molecule has 1 amide bonds. The van der Waals surface area contributed by atoms with Crippen molar-refractivity contribution in [2.24, 2.45) is 0 Å². The molecule has 4 nitrogen and oxygen atoms in total. The molecule has 0 atom stereocenters. The third kappa shape index (κ3) is 4.75. The first-order chi connectivity index (χ1) is 13.3. The Hall–Kier alpha value is -3.18. The van der Waals surface area contributed by atoms with Crippen LogP contribution < -0.4 is 4.72 Å². The number of carbonyl (C=O) groups is 1. The number of sulfonamides is 1. The maximum absolute atomic E-state index is 13.0. The number of aryl methyl sites for hydroxylation is 2. The summed E-state index contributed by atoms with van der Waals surface area (Å²) < 4.78 is 27.5. The molecule has 3 rings (SSSR count). The molecule has 0 unspecified atom stereocenters. The second-order valence-corrected chi connectivity index (χ2v) is 8.27. The van der Waals surface area contributed by atoms with Crippen LogP contribution in [-0.4, -0.2) is 14.3 Å². The van der Waals surface area contributed by atoms with Gasteiger partial charge in [-0.05, 0) is 43.2 Å². The van der Waals surface area contributed by atoms with E-state index in [-0.39, 0.29) is 10.5 Å². The number of rotatable bonds is 5. The molecular formula is C23H21NO3S. The van der Waals surface area contributed by atoms with E-state index in [9.17, 15) is 13.2 Å². The highest BCUT2D eigenvalue weighted by Gasteiger charge is 2.21. The molecule has 0 fully saturated rings. The molecule has 28 heavy (non-hydrogen) atoms. The van der Waals surface area contributed by atoms with Gasteiger partial charge in [-0.3, -0.25) is 4.79 Å². The highest BCUT2D eigenvalue weighted by molar-refractivity contribution is 7.90. The Morgan fingerprint density at radius 1 is 0.821 bits per heavy atom. The van der Waals surface area contributed by atoms with Crippen LogP contribution in [0.25, 0.3) is 11.6 Å². The fourth-order valence-electron chi connectivity index (χ4n) is 2.76. The summed E-state index contributed by atoms with van der Waals surface area (Å²) in [6.45, 7) is 3.79. The molecule has 3 aromatic carbocycles. The first-order valence-electron chi connectivity index (χ1n) is 8.83. The van der Waals surface area contributed by atoms with Crippen LogP contribution in [0, 0.1) is 13.8 Å². The van der Waals surface area contributed by atoms with Crippen molar-refractivity contribution in [3.8, 4) is 0 Å². The first kappa shape index (κ1) is 19.6. The van der Waals surface area contributed by atoms with Crippen molar-refractivity contribution < 1.29 is 13.2 Å². The van der Waals surface area contributed by atoms with Gasteiger partial charge in [-0.1, -0.05) is 77.9 Å². The summed E-state index contributed by atoms with van der Waals surface area (Å²) in [5, 5.41) is 0. The Balaban J connectivity index is 1.99. The second kappa shape index (κ2) is 8.23. The third-order valence-electron chi connectivity index (χ3n) is 4.24. The van der Waals surface area contributed by atoms with E-state index >= 15 is 0 Å². The van der Waals surface area contributed by atoms with Gasteiger partial charge in [0, 0.05) is 5.57 Å². The molecule has 0 bridgehead atoms. The van der Waals surface area contributed by atoms with Crippen LogP contribution >= 0.6 is 0 Å². The van der Waals surface area contributed by atoms with Crippen molar-refractivity contribution >= 4 is 27.6 Å². The van der Waals surface area contributed by atoms with E-state index in [2.05, 4.69) is 4.72 Å². The van der Waals surface area contributed by atoms with Gasteiger partial charge in [0.2, 0.25) is 0 Å². The van der Waals surface area contributed by atoms with E-state index in [0.29, 0.717) is 5.56 Å². The largest absolute Gasteiger partial charge is 0.268 e. The van der Waals surface area contributed by atoms with Crippen LogP contribution in [0.1, 0.15) is 22.3 Å². The van der Waals surface area contributed by atoms with E-state index in [0.717, 1.165) is 16.7 Å². The molecule has 0 aliphatic carbocycles. The van der Waals surface area contributed by atoms with Gasteiger partial charge in [0.1, 0.15) is 0 Å². The fraction of sp³-hybridized carbons (Fsp3) is 0.0870. The normalized spacial score (nSPS) is 11.9. The van der Waals surface area contributed by atoms with E-state index in [1.807, 2.05) is 62.4 Å². The van der Waals surface area contributed by atoms with E-state index < -0.39 is 15.9 Å². The number of carbonyl (C=O) groups excluding carboxylic acids is 1. The molecule has 0 saturated carbocycles. The van der Waals surface area contributed by atoms with Gasteiger partial charge in [0.25, 0.3) is 15.9 Å². The lowest BCUT2D eigenvalue weighted by Crippen LogP contribution is -2.31. The van der Waals surface area contributed by atoms with E-state index in [4.69, 9.17) is 0 Å². The topological polar surface area (TPSA) is 63.2 Å². The van der Waals surface area contributed by atoms with Gasteiger partial charge < -0.3 is 0 Å². The van der Waals surface area contributed by atoms with Crippen LogP contribution in [0.3, 0.4) is 0 Å². The Morgan fingerprint density at radius 2 is 1.50 bits per heavy atom. The SMILES string of the molecule is Cc1ccc(S(=O)(=O)NC(=O)/C(=C/c2ccccc2)c2cccc(C)c2)cc1. The average molecular weight is 391 g/mol. The molecule has 0 saturated heterocycles. The van der Waals surface area contributed by atoms with Gasteiger partial charge in [-0.25, -0.2) is 13.1 Å². The summed E-state index contributed by atoms with van der Waals surface area (Å²) in [5.41, 5.74) is 3.66. The smallest absolute Gasteiger partial charge is 0.265 e. The highest BCUT2D eigenvalue weighted by Crippen LogP contribution is 2.21. The van der Waals surface area contributed by atoms with Crippen LogP contribution in [0.5, 0.6) is 0 Å². The van der Waals surface area contributed by atoms with Crippen LogP contribution in [0.2, 0.25) is 0 Å². The summed E-state index contributed by atoms with van der Waals surface area (Å²) in [5.74, 6) is -0.671. The summed E-state index contributed by atoms with van der Waals surface area (Å²) >= 11 is 0. The number of amides is 1. The monoisotopic (exact) mass is 391 g/mol. The molecule has 0 heterocycles. The van der Waals surface area contributed by atoms with Crippen molar-refractivity contribution in [1.82, 2.24) is 4.72 Å². The van der Waals surface area contributed by atoms with Gasteiger partial charge in [-0.15, -0.1) is 0 Å². The van der Waals surface area contributed by atoms with Crippen LogP contribution in [0.4, 0.5) is 0 Å². The number of nitrogens with one attached hydrogen (secondary N) is 1. The Kier molecular flexibility index (Phi) is 5.76. The zero-order valence-corrected chi connectivity index (χ0v) is 16.5. The van der Waals surface area contributed by atoms with Gasteiger partial charge in [0.05, 0.1) is 4.90 Å². The summed E-state index contributed by atoms with van der Waals surface area (Å²) in [4.78, 5) is 13.0. The Morgan fingerprint density at radius 3 is 2.14 bits per heavy atom. The predicted octanol–water partition coefficient (Wildman–Crippen LogP) is 4.35. The van der Waals surface area contributed by atoms with Crippen LogP contribution in [-0.2, 0) is 14.8 Å². The van der Waals surface area contributed by atoms with Gasteiger partial charge >= 0.3 is 0 Å². The second-order valence-electron chi connectivity index (χ2n) is 6.59. The zero-order chi connectivity index (χ0) is 20.1. The quantitative estimate of drug-likeness (QED) is 0.519. The van der Waals surface area contributed by atoms with Crippen molar-refractivity contribution in [3.05, 3.63) is 101 Å². The van der Waals surface area contributed by atoms with Crippen molar-refractivity contribution in [2.75, 3.05) is 0 Å². The Bertz CT molecular complexity index is 1120. The molecule has 142 valence electrons. The standard InChI is InChI=1S/C23H21NO3S/c1-17-11-13-21(14-12-17)28(26,27)24-23(25)22(16-19-8-4-3-5-9-19)20-10-6-7-18(2)15-20/h3-16H,1-2H3,(H,24,25)/b22-16+. The highest BCUT2D eigenvalue weighted by atomic mass is 32.2. The molecule has 3 aromatic rings. The molecule has 1 N–H and O–H groups in total. The lowest BCUT2D eigenvalue weighted by Gasteiger charge is -2.11. The van der Waals surface area contributed by atoms with Crippen molar-refractivity contribution in [2.45, 2.75) is 18.7 Å². The number of hydrogen-bond donors (Lipinski definition) is 1. The molecule has 0 spiro atoms. The van der Waals surface area contributed by atoms with E-state index in [1.54, 1.807) is 24.3 Å². The maximum atomic E-state index is 13.0. The minimum Gasteiger partial charge on any atom is -0.268 e. The zero-order valence-electron chi connectivity index (χ0n) is 15.7. The summed E-state index contributed by atoms with van der Waals surface area (Å²) in [7, 11) is -3.97. The van der Waals surface area contributed by atoms with Crippen LogP contribution in [0.15, 0.2) is 83.8 Å². The molecule has 0 aliphatic rings.